The number of rotatable bonds is 6. The van der Waals surface area contributed by atoms with Gasteiger partial charge in [-0.25, -0.2) is 4.99 Å². The van der Waals surface area contributed by atoms with E-state index >= 15 is 0 Å². The third-order valence-electron chi connectivity index (χ3n) is 5.37. The number of anilines is 1. The maximum atomic E-state index is 5.98. The van der Waals surface area contributed by atoms with Crippen molar-refractivity contribution in [3.63, 3.8) is 0 Å². The monoisotopic (exact) mass is 405 g/mol. The van der Waals surface area contributed by atoms with E-state index in [4.69, 9.17) is 9.73 Å². The van der Waals surface area contributed by atoms with Gasteiger partial charge < -0.3 is 20.3 Å². The number of hydrogen-bond donors (Lipinski definition) is 2. The zero-order valence-electron chi connectivity index (χ0n) is 17.8. The van der Waals surface area contributed by atoms with E-state index in [9.17, 15) is 0 Å². The summed E-state index contributed by atoms with van der Waals surface area (Å²) in [6.45, 7) is 2.72. The fraction of sp³-hybridized carbons (Fsp3) is 0.375. The molecule has 2 aliphatic heterocycles. The summed E-state index contributed by atoms with van der Waals surface area (Å²) in [5, 5.41) is 7.06. The van der Waals surface area contributed by atoms with Gasteiger partial charge in [-0.15, -0.1) is 0 Å². The van der Waals surface area contributed by atoms with Crippen molar-refractivity contribution in [2.24, 2.45) is 4.99 Å². The summed E-state index contributed by atoms with van der Waals surface area (Å²) in [6.07, 6.45) is 5.80. The molecule has 1 unspecified atom stereocenters. The Balaban J connectivity index is 1.44. The number of benzene rings is 2. The molecule has 1 atom stereocenters. The Bertz CT molecular complexity index is 887. The molecule has 0 spiro atoms. The first-order valence-corrected chi connectivity index (χ1v) is 10.7. The number of hydrogen-bond acceptors (Lipinski definition) is 6. The Labute approximate surface area is 179 Å². The molecule has 0 saturated carbocycles. The van der Waals surface area contributed by atoms with Crippen LogP contribution < -0.4 is 15.4 Å². The molecule has 0 bridgehead atoms. The van der Waals surface area contributed by atoms with Crippen molar-refractivity contribution in [3.8, 4) is 5.75 Å². The topological polar surface area (TPSA) is 52.1 Å². The van der Waals surface area contributed by atoms with Gasteiger partial charge in [-0.2, -0.15) is 0 Å². The van der Waals surface area contributed by atoms with Crippen LogP contribution in [-0.2, 0) is 6.61 Å². The first kappa shape index (κ1) is 20.3. The fourth-order valence-electron chi connectivity index (χ4n) is 3.72. The normalized spacial score (nSPS) is 19.3. The quantitative estimate of drug-likeness (QED) is 0.765. The van der Waals surface area contributed by atoms with Gasteiger partial charge in [0.25, 0.3) is 0 Å². The third-order valence-corrected chi connectivity index (χ3v) is 5.37. The second-order valence-electron chi connectivity index (χ2n) is 7.98. The molecule has 0 aliphatic carbocycles. The van der Waals surface area contributed by atoms with Crippen molar-refractivity contribution in [2.75, 3.05) is 32.5 Å². The minimum atomic E-state index is -0.0345. The summed E-state index contributed by atoms with van der Waals surface area (Å²) in [5.74, 6) is 2.75. The van der Waals surface area contributed by atoms with Gasteiger partial charge in [-0.05, 0) is 30.5 Å². The Morgan fingerprint density at radius 1 is 1.07 bits per heavy atom. The molecule has 6 nitrogen and oxygen atoms in total. The lowest BCUT2D eigenvalue weighted by Crippen LogP contribution is -2.50. The molecule has 2 aromatic rings. The van der Waals surface area contributed by atoms with Gasteiger partial charge in [-0.3, -0.25) is 4.90 Å². The zero-order valence-corrected chi connectivity index (χ0v) is 17.8. The van der Waals surface area contributed by atoms with Crippen LogP contribution in [0.3, 0.4) is 0 Å². The predicted octanol–water partition coefficient (Wildman–Crippen LogP) is 3.85. The van der Waals surface area contributed by atoms with Crippen molar-refractivity contribution in [3.05, 3.63) is 72.1 Å². The van der Waals surface area contributed by atoms with E-state index in [1.54, 1.807) is 0 Å². The molecule has 2 N–H and O–H groups in total. The predicted molar refractivity (Wildman–Crippen MR) is 122 cm³/mol. The lowest BCUT2D eigenvalue weighted by molar-refractivity contribution is 0.148. The van der Waals surface area contributed by atoms with E-state index in [2.05, 4.69) is 44.7 Å². The fourth-order valence-corrected chi connectivity index (χ4v) is 3.72. The van der Waals surface area contributed by atoms with Crippen LogP contribution in [0, 0.1) is 0 Å². The van der Waals surface area contributed by atoms with Crippen molar-refractivity contribution in [1.82, 2.24) is 15.1 Å². The highest BCUT2D eigenvalue weighted by Gasteiger charge is 2.24. The van der Waals surface area contributed by atoms with Gasteiger partial charge in [0, 0.05) is 45.0 Å². The molecule has 4 rings (SSSR count). The maximum Gasteiger partial charge on any atom is 0.179 e. The van der Waals surface area contributed by atoms with Crippen LogP contribution in [0.5, 0.6) is 5.75 Å². The number of amidine groups is 1. The first-order valence-electron chi connectivity index (χ1n) is 10.7. The van der Waals surface area contributed by atoms with E-state index < -0.39 is 0 Å². The van der Waals surface area contributed by atoms with Gasteiger partial charge >= 0.3 is 0 Å². The Hall–Kier alpha value is -2.99. The first-order chi connectivity index (χ1) is 14.7. The summed E-state index contributed by atoms with van der Waals surface area (Å²) in [5.41, 5.74) is 2.14. The molecule has 1 fully saturated rings. The summed E-state index contributed by atoms with van der Waals surface area (Å²) in [4.78, 5) is 9.37. The third kappa shape index (κ3) is 5.33. The molecular formula is C24H31N5O. The Morgan fingerprint density at radius 3 is 2.63 bits per heavy atom. The van der Waals surface area contributed by atoms with Gasteiger partial charge in [0.2, 0.25) is 0 Å². The molecule has 2 aliphatic rings. The van der Waals surface area contributed by atoms with E-state index in [1.807, 2.05) is 50.5 Å². The van der Waals surface area contributed by atoms with Crippen LogP contribution in [-0.4, -0.2) is 49.1 Å². The number of piperidine rings is 1. The number of likely N-dealkylation sites (N-methyl/N-ethyl adjacent to an activating group) is 1. The summed E-state index contributed by atoms with van der Waals surface area (Å²) in [6, 6.07) is 18.3. The van der Waals surface area contributed by atoms with Crippen LogP contribution in [0.1, 0.15) is 24.8 Å². The van der Waals surface area contributed by atoms with E-state index in [-0.39, 0.29) is 6.29 Å². The smallest absolute Gasteiger partial charge is 0.179 e. The molecule has 158 valence electrons. The van der Waals surface area contributed by atoms with Crippen molar-refractivity contribution >= 4 is 11.5 Å². The van der Waals surface area contributed by atoms with Crippen LogP contribution in [0.25, 0.3) is 0 Å². The van der Waals surface area contributed by atoms with Gasteiger partial charge in [-0.1, -0.05) is 42.8 Å². The maximum absolute atomic E-state index is 5.98. The average Bonchev–Trinajstić information content (AvgIpc) is 2.79. The lowest BCUT2D eigenvalue weighted by atomic mass is 10.1. The minimum Gasteiger partial charge on any atom is -0.489 e. The van der Waals surface area contributed by atoms with E-state index in [1.165, 1.54) is 19.3 Å². The summed E-state index contributed by atoms with van der Waals surface area (Å²) in [7, 11) is 4.06. The van der Waals surface area contributed by atoms with Crippen molar-refractivity contribution < 1.29 is 4.74 Å². The van der Waals surface area contributed by atoms with Crippen molar-refractivity contribution in [2.45, 2.75) is 32.2 Å². The molecule has 0 amide bonds. The van der Waals surface area contributed by atoms with Crippen LogP contribution in [0.4, 0.5) is 5.69 Å². The van der Waals surface area contributed by atoms with Crippen LogP contribution in [0.15, 0.2) is 71.5 Å². The number of ether oxygens (including phenoxy) is 1. The van der Waals surface area contributed by atoms with Crippen molar-refractivity contribution in [1.29, 1.82) is 0 Å². The van der Waals surface area contributed by atoms with E-state index in [0.717, 1.165) is 41.7 Å². The highest BCUT2D eigenvalue weighted by atomic mass is 16.5. The SMILES string of the molecule is CN(C)C1=NC(N2CCCCC2)NC(Nc2cccc(OCc3ccccc3)c2)=C1. The Kier molecular flexibility index (Phi) is 6.54. The van der Waals surface area contributed by atoms with Gasteiger partial charge in [0.05, 0.1) is 0 Å². The summed E-state index contributed by atoms with van der Waals surface area (Å²) >= 11 is 0. The number of nitrogens with zero attached hydrogens (tertiary/aromatic N) is 3. The summed E-state index contributed by atoms with van der Waals surface area (Å²) < 4.78 is 5.98. The molecule has 2 aromatic carbocycles. The molecule has 0 radical (unpaired) electrons. The average molecular weight is 406 g/mol. The van der Waals surface area contributed by atoms with Gasteiger partial charge in [0.15, 0.2) is 6.29 Å². The van der Waals surface area contributed by atoms with Crippen LogP contribution >= 0.6 is 0 Å². The molecular weight excluding hydrogens is 374 g/mol. The minimum absolute atomic E-state index is 0.0345. The largest absolute Gasteiger partial charge is 0.489 e. The highest BCUT2D eigenvalue weighted by Crippen LogP contribution is 2.21. The number of nitrogens with one attached hydrogen (secondary N) is 2. The second kappa shape index (κ2) is 9.67. The molecule has 6 heteroatoms. The number of likely N-dealkylation sites (tertiary alicyclic amines) is 1. The standard InChI is InChI=1S/C24H31N5O/c1-28(2)23-17-22(26-24(27-23)29-14-7-4-8-15-29)25-20-12-9-13-21(16-20)30-18-19-10-5-3-6-11-19/h3,5-6,9-13,16-17,24-26H,4,7-8,14-15,18H2,1-2H3. The van der Waals surface area contributed by atoms with Crippen LogP contribution in [0.2, 0.25) is 0 Å². The second-order valence-corrected chi connectivity index (χ2v) is 7.98. The van der Waals surface area contributed by atoms with Gasteiger partial charge in [0.1, 0.15) is 24.0 Å². The molecule has 2 heterocycles. The molecule has 0 aromatic heterocycles. The highest BCUT2D eigenvalue weighted by molar-refractivity contribution is 5.94. The lowest BCUT2D eigenvalue weighted by Gasteiger charge is -2.36. The number of aliphatic imine (C=N–C) groups is 1. The van der Waals surface area contributed by atoms with E-state index in [0.29, 0.717) is 6.61 Å². The molecule has 30 heavy (non-hydrogen) atoms. The Morgan fingerprint density at radius 2 is 1.87 bits per heavy atom. The zero-order chi connectivity index (χ0) is 20.8. The molecule has 1 saturated heterocycles.